The molecule has 0 aromatic carbocycles. The van der Waals surface area contributed by atoms with Crippen LogP contribution in [0, 0.1) is 12.8 Å². The van der Waals surface area contributed by atoms with E-state index in [0.717, 1.165) is 0 Å². The average molecular weight is 228 g/mol. The molecule has 1 aromatic rings. The largest absolute Gasteiger partial charge is 0.393 e. The van der Waals surface area contributed by atoms with E-state index in [-0.39, 0.29) is 17.4 Å². The Kier molecular flexibility index (Phi) is 3.73. The minimum absolute atomic E-state index is 0.164. The number of hydrogen-bond donors (Lipinski definition) is 2. The number of amides is 1. The van der Waals surface area contributed by atoms with Gasteiger partial charge in [-0.3, -0.25) is 4.79 Å². The van der Waals surface area contributed by atoms with Gasteiger partial charge < -0.3 is 15.6 Å². The summed E-state index contributed by atoms with van der Waals surface area (Å²) in [7, 11) is 0. The number of nitrogens with one attached hydrogen (secondary N) is 1. The van der Waals surface area contributed by atoms with Crippen LogP contribution in [0.5, 0.6) is 0 Å². The second kappa shape index (κ2) is 4.83. The first-order valence-corrected chi connectivity index (χ1v) is 4.77. The SMILES string of the molecule is Cc1nc(CNC(=O)C(C)C(N)=S)no1. The van der Waals surface area contributed by atoms with Crippen molar-refractivity contribution in [2.75, 3.05) is 0 Å². The summed E-state index contributed by atoms with van der Waals surface area (Å²) in [5.41, 5.74) is 5.33. The number of carbonyl (C=O) groups is 1. The third kappa shape index (κ3) is 3.28. The van der Waals surface area contributed by atoms with E-state index >= 15 is 0 Å². The summed E-state index contributed by atoms with van der Waals surface area (Å²) < 4.78 is 4.74. The van der Waals surface area contributed by atoms with Crippen molar-refractivity contribution in [3.05, 3.63) is 11.7 Å². The smallest absolute Gasteiger partial charge is 0.230 e. The molecule has 0 aliphatic rings. The van der Waals surface area contributed by atoms with Crippen molar-refractivity contribution in [1.82, 2.24) is 15.5 Å². The second-order valence-electron chi connectivity index (χ2n) is 3.07. The fraction of sp³-hybridized carbons (Fsp3) is 0.500. The topological polar surface area (TPSA) is 94.0 Å². The number of aryl methyl sites for hydroxylation is 1. The molecule has 1 atom stereocenters. The van der Waals surface area contributed by atoms with Crippen LogP contribution in [-0.4, -0.2) is 21.0 Å². The summed E-state index contributed by atoms with van der Waals surface area (Å²) in [6, 6.07) is 0. The summed E-state index contributed by atoms with van der Waals surface area (Å²) in [5.74, 6) is 0.149. The van der Waals surface area contributed by atoms with Gasteiger partial charge in [0.2, 0.25) is 11.8 Å². The molecule has 0 bridgehead atoms. The lowest BCUT2D eigenvalue weighted by Crippen LogP contribution is -2.35. The number of aromatic nitrogens is 2. The zero-order valence-corrected chi connectivity index (χ0v) is 9.30. The Hall–Kier alpha value is -1.50. The van der Waals surface area contributed by atoms with Crippen LogP contribution in [-0.2, 0) is 11.3 Å². The van der Waals surface area contributed by atoms with E-state index in [1.807, 2.05) is 0 Å². The quantitative estimate of drug-likeness (QED) is 0.700. The number of hydrogen-bond acceptors (Lipinski definition) is 5. The minimum Gasteiger partial charge on any atom is -0.393 e. The Morgan fingerprint density at radius 1 is 1.73 bits per heavy atom. The van der Waals surface area contributed by atoms with E-state index in [1.165, 1.54) is 0 Å². The Labute approximate surface area is 92.2 Å². The van der Waals surface area contributed by atoms with Gasteiger partial charge in [0.15, 0.2) is 5.82 Å². The van der Waals surface area contributed by atoms with Crippen LogP contribution in [0.2, 0.25) is 0 Å². The van der Waals surface area contributed by atoms with Crippen LogP contribution >= 0.6 is 12.2 Å². The predicted octanol–water partition coefficient (Wildman–Crippen LogP) is -0.0836. The monoisotopic (exact) mass is 228 g/mol. The highest BCUT2D eigenvalue weighted by atomic mass is 32.1. The summed E-state index contributed by atoms with van der Waals surface area (Å²) >= 11 is 4.70. The van der Waals surface area contributed by atoms with Crippen LogP contribution in [0.1, 0.15) is 18.6 Å². The number of carbonyl (C=O) groups excluding carboxylic acids is 1. The van der Waals surface area contributed by atoms with Crippen molar-refractivity contribution in [2.24, 2.45) is 11.7 Å². The zero-order valence-electron chi connectivity index (χ0n) is 8.48. The lowest BCUT2D eigenvalue weighted by molar-refractivity contribution is -0.122. The second-order valence-corrected chi connectivity index (χ2v) is 3.54. The van der Waals surface area contributed by atoms with Gasteiger partial charge in [-0.2, -0.15) is 4.98 Å². The summed E-state index contributed by atoms with van der Waals surface area (Å²) in [4.78, 5) is 15.5. The van der Waals surface area contributed by atoms with Gasteiger partial charge >= 0.3 is 0 Å². The molecule has 1 aromatic heterocycles. The molecule has 0 spiro atoms. The molecule has 0 saturated heterocycles. The number of thiocarbonyl (C=S) groups is 1. The maximum absolute atomic E-state index is 11.4. The van der Waals surface area contributed by atoms with Crippen molar-refractivity contribution < 1.29 is 9.32 Å². The Balaban J connectivity index is 2.44. The van der Waals surface area contributed by atoms with E-state index in [9.17, 15) is 4.79 Å². The van der Waals surface area contributed by atoms with Crippen molar-refractivity contribution in [2.45, 2.75) is 20.4 Å². The van der Waals surface area contributed by atoms with Gasteiger partial charge in [-0.1, -0.05) is 17.4 Å². The first-order chi connectivity index (χ1) is 7.00. The summed E-state index contributed by atoms with van der Waals surface area (Å²) in [6.07, 6.45) is 0. The molecule has 0 fully saturated rings. The molecule has 1 rings (SSSR count). The van der Waals surface area contributed by atoms with Gasteiger partial charge in [-0.15, -0.1) is 0 Å². The molecule has 1 heterocycles. The fourth-order valence-corrected chi connectivity index (χ4v) is 0.969. The van der Waals surface area contributed by atoms with Crippen LogP contribution < -0.4 is 11.1 Å². The predicted molar refractivity (Wildman–Crippen MR) is 56.8 cm³/mol. The van der Waals surface area contributed by atoms with Crippen molar-refractivity contribution in [1.29, 1.82) is 0 Å². The van der Waals surface area contributed by atoms with E-state index in [2.05, 4.69) is 15.5 Å². The van der Waals surface area contributed by atoms with Crippen LogP contribution in [0.15, 0.2) is 4.52 Å². The van der Waals surface area contributed by atoms with E-state index < -0.39 is 5.92 Å². The maximum atomic E-state index is 11.4. The molecule has 82 valence electrons. The molecule has 0 radical (unpaired) electrons. The highest BCUT2D eigenvalue weighted by Crippen LogP contribution is 1.97. The maximum Gasteiger partial charge on any atom is 0.230 e. The third-order valence-electron chi connectivity index (χ3n) is 1.81. The highest BCUT2D eigenvalue weighted by Gasteiger charge is 2.15. The Morgan fingerprint density at radius 3 is 2.87 bits per heavy atom. The molecule has 0 aliphatic heterocycles. The number of nitrogens with two attached hydrogens (primary N) is 1. The van der Waals surface area contributed by atoms with Gasteiger partial charge in [0.25, 0.3) is 0 Å². The molecular weight excluding hydrogens is 216 g/mol. The standard InChI is InChI=1S/C8H12N4O2S/c1-4(7(9)15)8(13)10-3-6-11-5(2)14-12-6/h4H,3H2,1-2H3,(H2,9,15)(H,10,13). The zero-order chi connectivity index (χ0) is 11.4. The lowest BCUT2D eigenvalue weighted by Gasteiger charge is -2.08. The molecule has 0 saturated carbocycles. The number of rotatable bonds is 4. The molecule has 3 N–H and O–H groups in total. The lowest BCUT2D eigenvalue weighted by atomic mass is 10.2. The van der Waals surface area contributed by atoms with Crippen LogP contribution in [0.25, 0.3) is 0 Å². The first-order valence-electron chi connectivity index (χ1n) is 4.37. The van der Waals surface area contributed by atoms with Crippen LogP contribution in [0.4, 0.5) is 0 Å². The Morgan fingerprint density at radius 2 is 2.40 bits per heavy atom. The Bertz CT molecular complexity index is 376. The average Bonchev–Trinajstić information content (AvgIpc) is 2.59. The fourth-order valence-electron chi connectivity index (χ4n) is 0.862. The van der Waals surface area contributed by atoms with Crippen molar-refractivity contribution in [3.63, 3.8) is 0 Å². The molecule has 1 amide bonds. The van der Waals surface area contributed by atoms with E-state index in [4.69, 9.17) is 22.5 Å². The highest BCUT2D eigenvalue weighted by molar-refractivity contribution is 7.80. The molecular formula is C8H12N4O2S. The normalized spacial score (nSPS) is 12.1. The first kappa shape index (κ1) is 11.6. The summed E-state index contributed by atoms with van der Waals surface area (Å²) in [6.45, 7) is 3.53. The minimum atomic E-state index is -0.493. The number of nitrogens with zero attached hydrogens (tertiary/aromatic N) is 2. The van der Waals surface area contributed by atoms with Gasteiger partial charge in [0.1, 0.15) is 0 Å². The van der Waals surface area contributed by atoms with Crippen molar-refractivity contribution in [3.8, 4) is 0 Å². The van der Waals surface area contributed by atoms with E-state index in [0.29, 0.717) is 11.7 Å². The molecule has 1 unspecified atom stereocenters. The molecule has 6 nitrogen and oxygen atoms in total. The van der Waals surface area contributed by atoms with Gasteiger partial charge in [0, 0.05) is 6.92 Å². The molecule has 0 aliphatic carbocycles. The van der Waals surface area contributed by atoms with Gasteiger partial charge in [0.05, 0.1) is 17.5 Å². The van der Waals surface area contributed by atoms with Crippen LogP contribution in [0.3, 0.4) is 0 Å². The summed E-state index contributed by atoms with van der Waals surface area (Å²) in [5, 5.41) is 6.23. The third-order valence-corrected chi connectivity index (χ3v) is 2.16. The molecule has 15 heavy (non-hydrogen) atoms. The molecule has 7 heteroatoms. The van der Waals surface area contributed by atoms with E-state index in [1.54, 1.807) is 13.8 Å². The van der Waals surface area contributed by atoms with Gasteiger partial charge in [-0.25, -0.2) is 0 Å². The van der Waals surface area contributed by atoms with Gasteiger partial charge in [-0.05, 0) is 6.92 Å². The van der Waals surface area contributed by atoms with Crippen molar-refractivity contribution >= 4 is 23.1 Å².